The minimum Gasteiger partial charge on any atom is -0.494 e. The van der Waals surface area contributed by atoms with E-state index < -0.39 is 0 Å². The van der Waals surface area contributed by atoms with E-state index in [1.54, 1.807) is 18.2 Å². The van der Waals surface area contributed by atoms with Gasteiger partial charge in [0.2, 0.25) is 0 Å². The number of aryl methyl sites for hydroxylation is 1. The second-order valence-corrected chi connectivity index (χ2v) is 5.93. The summed E-state index contributed by atoms with van der Waals surface area (Å²) in [5.41, 5.74) is 3.54. The highest BCUT2D eigenvalue weighted by Crippen LogP contribution is 2.28. The van der Waals surface area contributed by atoms with Gasteiger partial charge in [0.1, 0.15) is 22.5 Å². The van der Waals surface area contributed by atoms with Crippen molar-refractivity contribution in [1.29, 1.82) is 0 Å². The summed E-state index contributed by atoms with van der Waals surface area (Å²) in [6.07, 6.45) is 0. The summed E-state index contributed by atoms with van der Waals surface area (Å²) in [7, 11) is 0. The van der Waals surface area contributed by atoms with Gasteiger partial charge >= 0.3 is 0 Å². The molecule has 0 saturated heterocycles. The largest absolute Gasteiger partial charge is 0.494 e. The number of carbonyl (C=O) groups excluding carboxylic acids is 1. The van der Waals surface area contributed by atoms with Crippen molar-refractivity contribution in [1.82, 2.24) is 8.75 Å². The SMILES string of the molecule is CCOc1cc(OCC)cc(C(=O)Nc2c(C)ccc3nsnc23)c1. The predicted molar refractivity (Wildman–Crippen MR) is 98.9 cm³/mol. The molecule has 0 spiro atoms. The van der Waals surface area contributed by atoms with Gasteiger partial charge in [0.25, 0.3) is 5.91 Å². The number of fused-ring (bicyclic) bond motifs is 1. The molecule has 6 nitrogen and oxygen atoms in total. The fourth-order valence-electron chi connectivity index (χ4n) is 2.50. The fourth-order valence-corrected chi connectivity index (χ4v) is 3.04. The topological polar surface area (TPSA) is 73.3 Å². The molecule has 7 heteroatoms. The Morgan fingerprint density at radius 3 is 2.40 bits per heavy atom. The highest BCUT2D eigenvalue weighted by atomic mass is 32.1. The standard InChI is InChI=1S/C18H19N3O3S/c1-4-23-13-8-12(9-14(10-13)24-5-2)18(22)19-16-11(3)6-7-15-17(16)21-25-20-15/h6-10H,4-5H2,1-3H3,(H,19,22). The van der Waals surface area contributed by atoms with Gasteiger partial charge in [-0.3, -0.25) is 4.79 Å². The quantitative estimate of drug-likeness (QED) is 0.720. The van der Waals surface area contributed by atoms with Crippen molar-refractivity contribution < 1.29 is 14.3 Å². The Morgan fingerprint density at radius 2 is 1.76 bits per heavy atom. The van der Waals surface area contributed by atoms with Crippen LogP contribution in [0.2, 0.25) is 0 Å². The van der Waals surface area contributed by atoms with Crippen molar-refractivity contribution >= 4 is 34.4 Å². The molecule has 0 unspecified atom stereocenters. The molecule has 2 aromatic carbocycles. The third-order valence-electron chi connectivity index (χ3n) is 3.64. The van der Waals surface area contributed by atoms with Crippen LogP contribution >= 0.6 is 11.7 Å². The van der Waals surface area contributed by atoms with Gasteiger partial charge in [-0.1, -0.05) is 6.07 Å². The summed E-state index contributed by atoms with van der Waals surface area (Å²) in [6.45, 7) is 6.74. The predicted octanol–water partition coefficient (Wildman–Crippen LogP) is 4.05. The van der Waals surface area contributed by atoms with Crippen LogP contribution in [0.25, 0.3) is 11.0 Å². The molecule has 3 aromatic rings. The van der Waals surface area contributed by atoms with Gasteiger partial charge in [0, 0.05) is 11.6 Å². The zero-order valence-electron chi connectivity index (χ0n) is 14.3. The molecule has 130 valence electrons. The number of rotatable bonds is 6. The van der Waals surface area contributed by atoms with E-state index >= 15 is 0 Å². The third kappa shape index (κ3) is 3.71. The summed E-state index contributed by atoms with van der Waals surface area (Å²) in [5, 5.41) is 2.95. The Kier molecular flexibility index (Phi) is 5.14. The smallest absolute Gasteiger partial charge is 0.256 e. The lowest BCUT2D eigenvalue weighted by molar-refractivity contribution is 0.102. The number of carbonyl (C=O) groups is 1. The van der Waals surface area contributed by atoms with Crippen LogP contribution in [0.1, 0.15) is 29.8 Å². The number of ether oxygens (including phenoxy) is 2. The number of anilines is 1. The van der Waals surface area contributed by atoms with Crippen LogP contribution in [0.5, 0.6) is 11.5 Å². The van der Waals surface area contributed by atoms with E-state index in [-0.39, 0.29) is 5.91 Å². The van der Waals surface area contributed by atoms with Crippen LogP contribution in [0, 0.1) is 6.92 Å². The average molecular weight is 357 g/mol. The molecule has 1 heterocycles. The van der Waals surface area contributed by atoms with Crippen molar-refractivity contribution in [2.24, 2.45) is 0 Å². The van der Waals surface area contributed by atoms with Gasteiger partial charge in [-0.15, -0.1) is 0 Å². The molecular weight excluding hydrogens is 338 g/mol. The van der Waals surface area contributed by atoms with E-state index in [0.29, 0.717) is 41.5 Å². The molecular formula is C18H19N3O3S. The Hall–Kier alpha value is -2.67. The zero-order chi connectivity index (χ0) is 17.8. The molecule has 0 aliphatic heterocycles. The molecule has 0 fully saturated rings. The van der Waals surface area contributed by atoms with Crippen molar-refractivity contribution in [3.8, 4) is 11.5 Å². The third-order valence-corrected chi connectivity index (χ3v) is 4.18. The lowest BCUT2D eigenvalue weighted by Gasteiger charge is -2.12. The van der Waals surface area contributed by atoms with Crippen LogP contribution < -0.4 is 14.8 Å². The first-order chi connectivity index (χ1) is 12.1. The monoisotopic (exact) mass is 357 g/mol. The highest BCUT2D eigenvalue weighted by Gasteiger charge is 2.15. The molecule has 0 atom stereocenters. The first kappa shape index (κ1) is 17.2. The second-order valence-electron chi connectivity index (χ2n) is 5.40. The fraction of sp³-hybridized carbons (Fsp3) is 0.278. The summed E-state index contributed by atoms with van der Waals surface area (Å²) in [5.74, 6) is 0.957. The van der Waals surface area contributed by atoms with Gasteiger partial charge in [-0.05, 0) is 44.5 Å². The van der Waals surface area contributed by atoms with Crippen molar-refractivity contribution in [3.63, 3.8) is 0 Å². The van der Waals surface area contributed by atoms with E-state index in [2.05, 4.69) is 14.1 Å². The second kappa shape index (κ2) is 7.48. The number of hydrogen-bond donors (Lipinski definition) is 1. The number of hydrogen-bond acceptors (Lipinski definition) is 6. The van der Waals surface area contributed by atoms with Crippen LogP contribution in [0.15, 0.2) is 30.3 Å². The van der Waals surface area contributed by atoms with Gasteiger partial charge in [-0.25, -0.2) is 0 Å². The maximum Gasteiger partial charge on any atom is 0.256 e. The Morgan fingerprint density at radius 1 is 1.08 bits per heavy atom. The minimum atomic E-state index is -0.244. The Balaban J connectivity index is 1.94. The first-order valence-corrected chi connectivity index (χ1v) is 8.79. The number of nitrogens with zero attached hydrogens (tertiary/aromatic N) is 2. The van der Waals surface area contributed by atoms with Crippen molar-refractivity contribution in [2.45, 2.75) is 20.8 Å². The minimum absolute atomic E-state index is 0.244. The average Bonchev–Trinajstić information content (AvgIpc) is 3.06. The van der Waals surface area contributed by atoms with E-state index in [4.69, 9.17) is 9.47 Å². The molecule has 0 radical (unpaired) electrons. The van der Waals surface area contributed by atoms with Gasteiger partial charge in [-0.2, -0.15) is 8.75 Å². The normalized spacial score (nSPS) is 10.7. The van der Waals surface area contributed by atoms with Gasteiger partial charge in [0.15, 0.2) is 0 Å². The zero-order valence-corrected chi connectivity index (χ0v) is 15.1. The van der Waals surface area contributed by atoms with Gasteiger partial charge < -0.3 is 14.8 Å². The molecule has 25 heavy (non-hydrogen) atoms. The maximum absolute atomic E-state index is 12.8. The van der Waals surface area contributed by atoms with Crippen molar-refractivity contribution in [3.05, 3.63) is 41.5 Å². The Labute approximate surface area is 150 Å². The summed E-state index contributed by atoms with van der Waals surface area (Å²) < 4.78 is 19.6. The number of benzene rings is 2. The van der Waals surface area contributed by atoms with E-state index in [1.807, 2.05) is 32.9 Å². The number of nitrogens with one attached hydrogen (secondary N) is 1. The van der Waals surface area contributed by atoms with Gasteiger partial charge in [0.05, 0.1) is 30.6 Å². The van der Waals surface area contributed by atoms with Crippen LogP contribution in [-0.4, -0.2) is 27.9 Å². The van der Waals surface area contributed by atoms with Crippen LogP contribution in [0.3, 0.4) is 0 Å². The molecule has 0 aliphatic carbocycles. The highest BCUT2D eigenvalue weighted by molar-refractivity contribution is 7.00. The molecule has 1 amide bonds. The summed E-state index contributed by atoms with van der Waals surface area (Å²) in [4.78, 5) is 12.8. The van der Waals surface area contributed by atoms with E-state index in [9.17, 15) is 4.79 Å². The van der Waals surface area contributed by atoms with Crippen molar-refractivity contribution in [2.75, 3.05) is 18.5 Å². The lowest BCUT2D eigenvalue weighted by atomic mass is 10.1. The molecule has 0 saturated carbocycles. The van der Waals surface area contributed by atoms with E-state index in [1.165, 1.54) is 0 Å². The number of aromatic nitrogens is 2. The van der Waals surface area contributed by atoms with Crippen LogP contribution in [-0.2, 0) is 0 Å². The Bertz CT molecular complexity index is 883. The van der Waals surface area contributed by atoms with Crippen LogP contribution in [0.4, 0.5) is 5.69 Å². The molecule has 0 aliphatic rings. The van der Waals surface area contributed by atoms with E-state index in [0.717, 1.165) is 22.8 Å². The molecule has 0 bridgehead atoms. The maximum atomic E-state index is 12.8. The number of amides is 1. The molecule has 1 N–H and O–H groups in total. The molecule has 1 aromatic heterocycles. The first-order valence-electron chi connectivity index (χ1n) is 8.06. The summed E-state index contributed by atoms with van der Waals surface area (Å²) in [6, 6.07) is 9.00. The summed E-state index contributed by atoms with van der Waals surface area (Å²) >= 11 is 1.13. The lowest BCUT2D eigenvalue weighted by Crippen LogP contribution is -2.14. The molecule has 3 rings (SSSR count).